The van der Waals surface area contributed by atoms with Crippen molar-refractivity contribution in [2.24, 2.45) is 0 Å². The molecular weight excluding hydrogens is 226 g/mol. The van der Waals surface area contributed by atoms with Crippen molar-refractivity contribution in [3.8, 4) is 11.5 Å². The van der Waals surface area contributed by atoms with Gasteiger partial charge in [-0.25, -0.2) is 0 Å². The molecule has 1 heterocycles. The second kappa shape index (κ2) is 4.53. The van der Waals surface area contributed by atoms with Gasteiger partial charge in [0.25, 0.3) is 5.89 Å². The maximum Gasteiger partial charge on any atom is 0.258 e. The number of nitrogens with zero attached hydrogens (tertiary/aromatic N) is 2. The molecule has 1 aliphatic carbocycles. The van der Waals surface area contributed by atoms with E-state index < -0.39 is 0 Å². The molecule has 94 valence electrons. The Morgan fingerprint density at radius 3 is 2.94 bits per heavy atom. The lowest BCUT2D eigenvalue weighted by Crippen LogP contribution is -2.16. The minimum Gasteiger partial charge on any atom is -0.334 e. The molecule has 2 aromatic rings. The normalized spacial score (nSPS) is 15.0. The maximum atomic E-state index is 5.34. The van der Waals surface area contributed by atoms with Crippen molar-refractivity contribution < 1.29 is 4.52 Å². The minimum atomic E-state index is 0.615. The smallest absolute Gasteiger partial charge is 0.258 e. The Labute approximate surface area is 106 Å². The standard InChI is InChI=1S/C14H17N3O/c1-9-3-4-10(2)12(7-9)14-16-13(17-18-14)8-15-11-5-6-11/h3-4,7,11,15H,5-6,8H2,1-2H3. The Balaban J connectivity index is 1.80. The molecule has 4 nitrogen and oxygen atoms in total. The van der Waals surface area contributed by atoms with Crippen LogP contribution in [0.5, 0.6) is 0 Å². The van der Waals surface area contributed by atoms with Gasteiger partial charge in [-0.2, -0.15) is 4.98 Å². The average Bonchev–Trinajstić information content (AvgIpc) is 3.08. The zero-order valence-corrected chi connectivity index (χ0v) is 10.7. The average molecular weight is 243 g/mol. The lowest BCUT2D eigenvalue weighted by atomic mass is 10.1. The highest BCUT2D eigenvalue weighted by atomic mass is 16.5. The first-order valence-corrected chi connectivity index (χ1v) is 6.36. The van der Waals surface area contributed by atoms with E-state index in [9.17, 15) is 0 Å². The van der Waals surface area contributed by atoms with Crippen LogP contribution >= 0.6 is 0 Å². The van der Waals surface area contributed by atoms with Gasteiger partial charge in [0.1, 0.15) is 0 Å². The quantitative estimate of drug-likeness (QED) is 0.896. The van der Waals surface area contributed by atoms with Crippen molar-refractivity contribution in [2.45, 2.75) is 39.3 Å². The lowest BCUT2D eigenvalue weighted by Gasteiger charge is -2.01. The van der Waals surface area contributed by atoms with Gasteiger partial charge in [-0.15, -0.1) is 0 Å². The third kappa shape index (κ3) is 2.43. The van der Waals surface area contributed by atoms with Gasteiger partial charge >= 0.3 is 0 Å². The van der Waals surface area contributed by atoms with Crippen molar-refractivity contribution >= 4 is 0 Å². The van der Waals surface area contributed by atoms with Gasteiger partial charge in [-0.1, -0.05) is 22.9 Å². The molecule has 1 aromatic carbocycles. The molecule has 3 rings (SSSR count). The zero-order valence-electron chi connectivity index (χ0n) is 10.7. The highest BCUT2D eigenvalue weighted by Gasteiger charge is 2.21. The van der Waals surface area contributed by atoms with Gasteiger partial charge in [-0.3, -0.25) is 0 Å². The van der Waals surface area contributed by atoms with Crippen molar-refractivity contribution in [2.75, 3.05) is 0 Å². The number of hydrogen-bond acceptors (Lipinski definition) is 4. The molecule has 1 aliphatic rings. The molecule has 1 saturated carbocycles. The van der Waals surface area contributed by atoms with Crippen LogP contribution in [0.3, 0.4) is 0 Å². The predicted molar refractivity (Wildman–Crippen MR) is 69.1 cm³/mol. The molecule has 0 atom stereocenters. The first-order valence-electron chi connectivity index (χ1n) is 6.36. The summed E-state index contributed by atoms with van der Waals surface area (Å²) in [5, 5.41) is 7.39. The molecule has 1 fully saturated rings. The summed E-state index contributed by atoms with van der Waals surface area (Å²) in [6.07, 6.45) is 2.53. The van der Waals surface area contributed by atoms with E-state index in [1.165, 1.54) is 18.4 Å². The molecule has 1 N–H and O–H groups in total. The summed E-state index contributed by atoms with van der Waals surface area (Å²) < 4.78 is 5.34. The van der Waals surface area contributed by atoms with Crippen LogP contribution in [0.25, 0.3) is 11.5 Å². The van der Waals surface area contributed by atoms with E-state index in [0.29, 0.717) is 18.5 Å². The maximum absolute atomic E-state index is 5.34. The summed E-state index contributed by atoms with van der Waals surface area (Å²) in [5.74, 6) is 1.35. The number of aromatic nitrogens is 2. The highest BCUT2D eigenvalue weighted by Crippen LogP contribution is 2.23. The first kappa shape index (κ1) is 11.4. The van der Waals surface area contributed by atoms with E-state index in [1.807, 2.05) is 0 Å². The molecule has 1 aromatic heterocycles. The van der Waals surface area contributed by atoms with Gasteiger partial charge in [0.05, 0.1) is 6.54 Å². The summed E-state index contributed by atoms with van der Waals surface area (Å²) >= 11 is 0. The molecule has 4 heteroatoms. The van der Waals surface area contributed by atoms with Crippen LogP contribution in [-0.4, -0.2) is 16.2 Å². The summed E-state index contributed by atoms with van der Waals surface area (Å²) in [4.78, 5) is 4.44. The third-order valence-electron chi connectivity index (χ3n) is 3.22. The van der Waals surface area contributed by atoms with Crippen molar-refractivity contribution in [1.82, 2.24) is 15.5 Å². The Hall–Kier alpha value is -1.68. The third-order valence-corrected chi connectivity index (χ3v) is 3.22. The first-order chi connectivity index (χ1) is 8.72. The van der Waals surface area contributed by atoms with E-state index in [1.54, 1.807) is 0 Å². The fourth-order valence-corrected chi connectivity index (χ4v) is 1.92. The molecule has 0 unspecified atom stereocenters. The van der Waals surface area contributed by atoms with Gasteiger partial charge < -0.3 is 9.84 Å². The van der Waals surface area contributed by atoms with E-state index in [2.05, 4.69) is 47.5 Å². The van der Waals surface area contributed by atoms with Gasteiger partial charge in [0, 0.05) is 11.6 Å². The molecule has 18 heavy (non-hydrogen) atoms. The van der Waals surface area contributed by atoms with Crippen molar-refractivity contribution in [3.05, 3.63) is 35.2 Å². The number of benzene rings is 1. The van der Waals surface area contributed by atoms with Crippen molar-refractivity contribution in [3.63, 3.8) is 0 Å². The van der Waals surface area contributed by atoms with Crippen LogP contribution in [0.1, 0.15) is 29.8 Å². The Kier molecular flexibility index (Phi) is 2.88. The number of aryl methyl sites for hydroxylation is 2. The molecular formula is C14H17N3O. The fourth-order valence-electron chi connectivity index (χ4n) is 1.92. The fraction of sp³-hybridized carbons (Fsp3) is 0.429. The number of nitrogens with one attached hydrogen (secondary N) is 1. The monoisotopic (exact) mass is 243 g/mol. The lowest BCUT2D eigenvalue weighted by molar-refractivity contribution is 0.419. The number of hydrogen-bond donors (Lipinski definition) is 1. The molecule has 0 bridgehead atoms. The van der Waals surface area contributed by atoms with Crippen LogP contribution in [-0.2, 0) is 6.54 Å². The number of rotatable bonds is 4. The summed E-state index contributed by atoms with van der Waals surface area (Å²) in [6.45, 7) is 4.81. The SMILES string of the molecule is Cc1ccc(C)c(-c2nc(CNC3CC3)no2)c1. The second-order valence-corrected chi connectivity index (χ2v) is 4.99. The predicted octanol–water partition coefficient (Wildman–Crippen LogP) is 2.61. The van der Waals surface area contributed by atoms with E-state index in [4.69, 9.17) is 4.52 Å². The topological polar surface area (TPSA) is 51.0 Å². The Morgan fingerprint density at radius 1 is 1.33 bits per heavy atom. The summed E-state index contributed by atoms with van der Waals surface area (Å²) in [6, 6.07) is 6.91. The van der Waals surface area contributed by atoms with E-state index in [-0.39, 0.29) is 0 Å². The van der Waals surface area contributed by atoms with E-state index in [0.717, 1.165) is 17.0 Å². The van der Waals surface area contributed by atoms with Gasteiger partial charge in [-0.05, 0) is 38.3 Å². The molecule has 0 spiro atoms. The van der Waals surface area contributed by atoms with Gasteiger partial charge in [0.2, 0.25) is 0 Å². The van der Waals surface area contributed by atoms with Crippen LogP contribution < -0.4 is 5.32 Å². The summed E-state index contributed by atoms with van der Waals surface area (Å²) in [5.41, 5.74) is 3.39. The minimum absolute atomic E-state index is 0.615. The zero-order chi connectivity index (χ0) is 12.5. The molecule has 0 amide bonds. The van der Waals surface area contributed by atoms with Crippen molar-refractivity contribution in [1.29, 1.82) is 0 Å². The van der Waals surface area contributed by atoms with Crippen LogP contribution in [0.2, 0.25) is 0 Å². The largest absolute Gasteiger partial charge is 0.334 e. The molecule has 0 aliphatic heterocycles. The second-order valence-electron chi connectivity index (χ2n) is 4.99. The molecule has 0 saturated heterocycles. The van der Waals surface area contributed by atoms with E-state index >= 15 is 0 Å². The Bertz CT molecular complexity index is 558. The van der Waals surface area contributed by atoms with Crippen LogP contribution in [0.15, 0.2) is 22.7 Å². The molecule has 0 radical (unpaired) electrons. The Morgan fingerprint density at radius 2 is 2.17 bits per heavy atom. The van der Waals surface area contributed by atoms with Crippen LogP contribution in [0, 0.1) is 13.8 Å². The van der Waals surface area contributed by atoms with Gasteiger partial charge in [0.15, 0.2) is 5.82 Å². The van der Waals surface area contributed by atoms with Crippen LogP contribution in [0.4, 0.5) is 0 Å². The summed E-state index contributed by atoms with van der Waals surface area (Å²) in [7, 11) is 0. The highest BCUT2D eigenvalue weighted by molar-refractivity contribution is 5.59.